The lowest BCUT2D eigenvalue weighted by Crippen LogP contribution is -2.31. The summed E-state index contributed by atoms with van der Waals surface area (Å²) in [6.07, 6.45) is 5.35. The molecule has 26 heavy (non-hydrogen) atoms. The van der Waals surface area contributed by atoms with E-state index in [1.165, 1.54) is 0 Å². The summed E-state index contributed by atoms with van der Waals surface area (Å²) in [5.74, 6) is 0.405. The fourth-order valence-corrected chi connectivity index (χ4v) is 2.98. The highest BCUT2D eigenvalue weighted by Gasteiger charge is 2.36. The summed E-state index contributed by atoms with van der Waals surface area (Å²) >= 11 is 0. The van der Waals surface area contributed by atoms with Gasteiger partial charge in [0.15, 0.2) is 5.75 Å². The van der Waals surface area contributed by atoms with Crippen molar-refractivity contribution in [2.45, 2.75) is 12.2 Å². The van der Waals surface area contributed by atoms with Crippen LogP contribution in [0.3, 0.4) is 0 Å². The second-order valence-electron chi connectivity index (χ2n) is 6.18. The van der Waals surface area contributed by atoms with Crippen molar-refractivity contribution >= 4 is 5.91 Å². The maximum Gasteiger partial charge on any atom is 0.254 e. The molecule has 1 fully saturated rings. The lowest BCUT2D eigenvalue weighted by atomic mass is 10.2. The predicted octanol–water partition coefficient (Wildman–Crippen LogP) is 0.265. The van der Waals surface area contributed by atoms with Crippen LogP contribution in [-0.4, -0.2) is 66.0 Å². The number of carbonyl (C=O) groups excluding carboxylic acids is 1. The Hall–Kier alpha value is -3.20. The molecule has 2 aromatic heterocycles. The molecule has 9 heteroatoms. The van der Waals surface area contributed by atoms with Crippen molar-refractivity contribution in [2.24, 2.45) is 7.05 Å². The minimum absolute atomic E-state index is 0.164. The number of aryl methyl sites for hydroxylation is 1. The lowest BCUT2D eigenvalue weighted by molar-refractivity contribution is 0.0729. The standard InChI is InChI=1S/C17H18N6O3/c1-21-9-14(8-19-21)26-16-11-22(10-15(16)24)17(25)12-3-2-4-13(7-12)23-6-5-18-20-23/h2-9,15-16,24H,10-11H2,1H3/t15-,16-/m1/s1. The lowest BCUT2D eigenvalue weighted by Gasteiger charge is -2.17. The zero-order valence-electron chi connectivity index (χ0n) is 14.1. The molecule has 1 aromatic carbocycles. The minimum Gasteiger partial charge on any atom is -0.482 e. The average Bonchev–Trinajstić information content (AvgIpc) is 3.38. The van der Waals surface area contributed by atoms with Crippen molar-refractivity contribution < 1.29 is 14.6 Å². The molecule has 3 heterocycles. The van der Waals surface area contributed by atoms with Crippen LogP contribution in [0.15, 0.2) is 49.1 Å². The van der Waals surface area contributed by atoms with Gasteiger partial charge in [-0.1, -0.05) is 11.3 Å². The molecule has 0 aliphatic carbocycles. The number of rotatable bonds is 4. The molecule has 1 saturated heterocycles. The van der Waals surface area contributed by atoms with Crippen molar-refractivity contribution in [3.8, 4) is 11.4 Å². The number of aliphatic hydroxyl groups excluding tert-OH is 1. The van der Waals surface area contributed by atoms with E-state index in [0.29, 0.717) is 17.9 Å². The number of amides is 1. The average molecular weight is 354 g/mol. The molecule has 0 spiro atoms. The summed E-state index contributed by atoms with van der Waals surface area (Å²) in [7, 11) is 1.79. The molecule has 1 amide bonds. The van der Waals surface area contributed by atoms with Gasteiger partial charge in [-0.25, -0.2) is 4.68 Å². The van der Waals surface area contributed by atoms with E-state index < -0.39 is 12.2 Å². The number of aliphatic hydroxyl groups is 1. The summed E-state index contributed by atoms with van der Waals surface area (Å²) in [6, 6.07) is 7.13. The van der Waals surface area contributed by atoms with Crippen LogP contribution in [0.5, 0.6) is 5.75 Å². The molecule has 4 rings (SSSR count). The van der Waals surface area contributed by atoms with E-state index in [0.717, 1.165) is 5.69 Å². The summed E-state index contributed by atoms with van der Waals surface area (Å²) in [5, 5.41) is 22.0. The van der Waals surface area contributed by atoms with Gasteiger partial charge in [-0.15, -0.1) is 5.10 Å². The molecule has 134 valence electrons. The number of β-amino-alcohol motifs (C(OH)–C–C–N with tert-alkyl or cyclic N) is 1. The van der Waals surface area contributed by atoms with E-state index in [1.807, 2.05) is 6.07 Å². The van der Waals surface area contributed by atoms with E-state index in [-0.39, 0.29) is 12.5 Å². The van der Waals surface area contributed by atoms with Crippen LogP contribution < -0.4 is 4.74 Å². The number of nitrogens with zero attached hydrogens (tertiary/aromatic N) is 6. The van der Waals surface area contributed by atoms with Gasteiger partial charge in [-0.3, -0.25) is 9.48 Å². The molecule has 1 N–H and O–H groups in total. The minimum atomic E-state index is -0.752. The van der Waals surface area contributed by atoms with Gasteiger partial charge >= 0.3 is 0 Å². The van der Waals surface area contributed by atoms with E-state index in [9.17, 15) is 9.90 Å². The van der Waals surface area contributed by atoms with Gasteiger partial charge in [0.2, 0.25) is 0 Å². The van der Waals surface area contributed by atoms with Gasteiger partial charge in [0, 0.05) is 12.6 Å². The van der Waals surface area contributed by atoms with Crippen LogP contribution in [0, 0.1) is 0 Å². The molecule has 0 saturated carbocycles. The summed E-state index contributed by atoms with van der Waals surface area (Å²) in [4.78, 5) is 14.4. The molecule has 0 unspecified atom stereocenters. The number of aromatic nitrogens is 5. The first-order chi connectivity index (χ1) is 12.6. The van der Waals surface area contributed by atoms with E-state index in [4.69, 9.17) is 4.74 Å². The number of hydrogen-bond donors (Lipinski definition) is 1. The molecule has 0 bridgehead atoms. The smallest absolute Gasteiger partial charge is 0.254 e. The SMILES string of the molecule is Cn1cc(O[C@@H]2CN(C(=O)c3cccc(-n4ccnn4)c3)C[C@H]2O)cn1. The first kappa shape index (κ1) is 16.3. The van der Waals surface area contributed by atoms with Crippen LogP contribution in [-0.2, 0) is 7.05 Å². The third-order valence-electron chi connectivity index (χ3n) is 4.27. The topological polar surface area (TPSA) is 98.3 Å². The Labute approximate surface area is 149 Å². The van der Waals surface area contributed by atoms with Gasteiger partial charge < -0.3 is 14.7 Å². The highest BCUT2D eigenvalue weighted by atomic mass is 16.5. The van der Waals surface area contributed by atoms with Crippen molar-refractivity contribution in [1.29, 1.82) is 0 Å². The van der Waals surface area contributed by atoms with Gasteiger partial charge in [0.1, 0.15) is 12.2 Å². The number of hydrogen-bond acceptors (Lipinski definition) is 6. The Bertz CT molecular complexity index is 907. The van der Waals surface area contributed by atoms with Crippen LogP contribution in [0.2, 0.25) is 0 Å². The van der Waals surface area contributed by atoms with E-state index in [2.05, 4.69) is 15.4 Å². The number of ether oxygens (including phenoxy) is 1. The van der Waals surface area contributed by atoms with E-state index >= 15 is 0 Å². The largest absolute Gasteiger partial charge is 0.482 e. The summed E-state index contributed by atoms with van der Waals surface area (Å²) in [5.41, 5.74) is 1.27. The normalized spacial score (nSPS) is 19.7. The van der Waals surface area contributed by atoms with Crippen molar-refractivity contribution in [3.05, 3.63) is 54.6 Å². The second kappa shape index (κ2) is 6.60. The van der Waals surface area contributed by atoms with Crippen LogP contribution in [0.25, 0.3) is 5.69 Å². The third kappa shape index (κ3) is 3.16. The Kier molecular flexibility index (Phi) is 4.13. The molecular weight excluding hydrogens is 336 g/mol. The van der Waals surface area contributed by atoms with Gasteiger partial charge in [-0.2, -0.15) is 5.10 Å². The fourth-order valence-electron chi connectivity index (χ4n) is 2.98. The highest BCUT2D eigenvalue weighted by Crippen LogP contribution is 2.20. The van der Waals surface area contributed by atoms with Crippen molar-refractivity contribution in [2.75, 3.05) is 13.1 Å². The number of likely N-dealkylation sites (tertiary alicyclic amines) is 1. The first-order valence-corrected chi connectivity index (χ1v) is 8.19. The van der Waals surface area contributed by atoms with E-state index in [1.54, 1.807) is 64.3 Å². The Morgan fingerprint density at radius 3 is 2.96 bits per heavy atom. The molecule has 9 nitrogen and oxygen atoms in total. The second-order valence-corrected chi connectivity index (χ2v) is 6.18. The van der Waals surface area contributed by atoms with Crippen LogP contribution in [0.1, 0.15) is 10.4 Å². The third-order valence-corrected chi connectivity index (χ3v) is 4.27. The maximum atomic E-state index is 12.8. The summed E-state index contributed by atoms with van der Waals surface area (Å²) in [6.45, 7) is 0.528. The summed E-state index contributed by atoms with van der Waals surface area (Å²) < 4.78 is 8.97. The Morgan fingerprint density at radius 1 is 1.35 bits per heavy atom. The molecular formula is C17H18N6O3. The van der Waals surface area contributed by atoms with Gasteiger partial charge in [-0.05, 0) is 18.2 Å². The first-order valence-electron chi connectivity index (χ1n) is 8.19. The van der Waals surface area contributed by atoms with Gasteiger partial charge in [0.05, 0.1) is 43.6 Å². The number of benzene rings is 1. The zero-order valence-corrected chi connectivity index (χ0v) is 14.1. The van der Waals surface area contributed by atoms with Crippen molar-refractivity contribution in [3.63, 3.8) is 0 Å². The highest BCUT2D eigenvalue weighted by molar-refractivity contribution is 5.95. The fraction of sp³-hybridized carbons (Fsp3) is 0.294. The predicted molar refractivity (Wildman–Crippen MR) is 90.9 cm³/mol. The molecule has 3 aromatic rings. The molecule has 1 aliphatic rings. The maximum absolute atomic E-state index is 12.8. The Morgan fingerprint density at radius 2 is 2.23 bits per heavy atom. The van der Waals surface area contributed by atoms with Gasteiger partial charge in [0.25, 0.3) is 5.91 Å². The van der Waals surface area contributed by atoms with Crippen LogP contribution >= 0.6 is 0 Å². The Balaban J connectivity index is 1.48. The molecule has 1 aliphatic heterocycles. The van der Waals surface area contributed by atoms with Crippen molar-refractivity contribution in [1.82, 2.24) is 29.7 Å². The monoisotopic (exact) mass is 354 g/mol. The molecule has 0 radical (unpaired) electrons. The molecule has 2 atom stereocenters. The zero-order chi connectivity index (χ0) is 18.1. The quantitative estimate of drug-likeness (QED) is 0.722. The number of carbonyl (C=O) groups is 1. The van der Waals surface area contributed by atoms with Crippen LogP contribution in [0.4, 0.5) is 0 Å².